The quantitative estimate of drug-likeness (QED) is 0.731. The van der Waals surface area contributed by atoms with Gasteiger partial charge in [-0.05, 0) is 17.7 Å². The molecule has 8 heteroatoms. The molecule has 28 heavy (non-hydrogen) atoms. The zero-order valence-electron chi connectivity index (χ0n) is 15.0. The predicted molar refractivity (Wildman–Crippen MR) is 111 cm³/mol. The lowest BCUT2D eigenvalue weighted by Gasteiger charge is -2.16. The second-order valence-corrected chi connectivity index (χ2v) is 7.42. The number of carbonyl (C=O) groups is 1. The lowest BCUT2D eigenvalue weighted by Crippen LogP contribution is -2.39. The molecule has 0 spiro atoms. The number of H-pyrrole nitrogens is 1. The number of nitrogens with zero attached hydrogens (tertiary/aromatic N) is 3. The molecule has 2 heterocycles. The summed E-state index contributed by atoms with van der Waals surface area (Å²) in [6, 6.07) is 16.4. The first-order valence-electron chi connectivity index (χ1n) is 8.87. The number of aromatic amines is 1. The SMILES string of the molecule is O=C(Cn1[nH]c(=O)c2ccccc2c1=O)N1CCSC1=NCc1ccccc1. The number of rotatable bonds is 4. The molecular weight excluding hydrogens is 376 g/mol. The first kappa shape index (κ1) is 18.2. The molecule has 1 fully saturated rings. The number of aromatic nitrogens is 2. The summed E-state index contributed by atoms with van der Waals surface area (Å²) >= 11 is 1.51. The van der Waals surface area contributed by atoms with Gasteiger partial charge >= 0.3 is 0 Å². The van der Waals surface area contributed by atoms with Gasteiger partial charge in [0.25, 0.3) is 11.1 Å². The molecule has 3 aromatic rings. The smallest absolute Gasteiger partial charge is 0.273 e. The van der Waals surface area contributed by atoms with Crippen molar-refractivity contribution in [2.24, 2.45) is 4.99 Å². The van der Waals surface area contributed by atoms with Crippen molar-refractivity contribution in [3.8, 4) is 0 Å². The third kappa shape index (κ3) is 3.63. The van der Waals surface area contributed by atoms with E-state index in [-0.39, 0.29) is 12.5 Å². The van der Waals surface area contributed by atoms with E-state index in [2.05, 4.69) is 10.1 Å². The average molecular weight is 394 g/mol. The van der Waals surface area contributed by atoms with Gasteiger partial charge in [-0.25, -0.2) is 4.68 Å². The minimum atomic E-state index is -0.392. The Morgan fingerprint density at radius 3 is 2.54 bits per heavy atom. The van der Waals surface area contributed by atoms with Crippen molar-refractivity contribution < 1.29 is 4.79 Å². The molecule has 1 amide bonds. The monoisotopic (exact) mass is 394 g/mol. The Morgan fingerprint density at radius 1 is 1.04 bits per heavy atom. The van der Waals surface area contributed by atoms with Crippen LogP contribution < -0.4 is 11.1 Å². The van der Waals surface area contributed by atoms with E-state index >= 15 is 0 Å². The standard InChI is InChI=1S/C20H18N4O3S/c25-17(13-24-19(27)16-9-5-4-8-15(16)18(26)22-24)23-10-11-28-20(23)21-12-14-6-2-1-3-7-14/h1-9H,10-13H2,(H,22,26). The number of amidine groups is 1. The molecule has 0 radical (unpaired) electrons. The molecule has 0 unspecified atom stereocenters. The molecular formula is C20H18N4O3S. The number of benzene rings is 2. The molecule has 1 saturated heterocycles. The molecule has 1 N–H and O–H groups in total. The molecule has 1 aliphatic heterocycles. The third-order valence-corrected chi connectivity index (χ3v) is 5.49. The minimum absolute atomic E-state index is 0.232. The molecule has 2 aromatic carbocycles. The Labute approximate surface area is 164 Å². The second-order valence-electron chi connectivity index (χ2n) is 6.36. The van der Waals surface area contributed by atoms with Crippen molar-refractivity contribution in [1.82, 2.24) is 14.7 Å². The summed E-state index contributed by atoms with van der Waals surface area (Å²) in [5.74, 6) is 0.479. The van der Waals surface area contributed by atoms with Gasteiger partial charge in [0.2, 0.25) is 5.91 Å². The molecule has 7 nitrogen and oxygen atoms in total. The van der Waals surface area contributed by atoms with Crippen LogP contribution in [-0.4, -0.2) is 38.1 Å². The van der Waals surface area contributed by atoms with E-state index in [1.165, 1.54) is 11.8 Å². The Balaban J connectivity index is 1.56. The lowest BCUT2D eigenvalue weighted by molar-refractivity contribution is -0.127. The third-order valence-electron chi connectivity index (χ3n) is 4.49. The van der Waals surface area contributed by atoms with Crippen molar-refractivity contribution in [2.45, 2.75) is 13.1 Å². The number of hydrogen-bond donors (Lipinski definition) is 1. The summed E-state index contributed by atoms with van der Waals surface area (Å²) < 4.78 is 1.07. The number of hydrogen-bond acceptors (Lipinski definition) is 5. The zero-order valence-corrected chi connectivity index (χ0v) is 15.8. The summed E-state index contributed by atoms with van der Waals surface area (Å²) in [4.78, 5) is 43.7. The van der Waals surface area contributed by atoms with Crippen LogP contribution in [0.4, 0.5) is 0 Å². The lowest BCUT2D eigenvalue weighted by atomic mass is 10.2. The average Bonchev–Trinajstić information content (AvgIpc) is 3.20. The number of carbonyl (C=O) groups excluding carboxylic acids is 1. The normalized spacial score (nSPS) is 15.4. The summed E-state index contributed by atoms with van der Waals surface area (Å²) in [5, 5.41) is 3.76. The Morgan fingerprint density at radius 2 is 1.75 bits per heavy atom. The van der Waals surface area contributed by atoms with E-state index in [0.29, 0.717) is 29.0 Å². The minimum Gasteiger partial charge on any atom is -0.289 e. The highest BCUT2D eigenvalue weighted by Crippen LogP contribution is 2.19. The highest BCUT2D eigenvalue weighted by Gasteiger charge is 2.26. The number of aliphatic imine (C=N–C) groups is 1. The van der Waals surface area contributed by atoms with Crippen LogP contribution in [0.5, 0.6) is 0 Å². The zero-order chi connectivity index (χ0) is 19.5. The summed E-state index contributed by atoms with van der Waals surface area (Å²) in [7, 11) is 0. The van der Waals surface area contributed by atoms with E-state index in [1.807, 2.05) is 30.3 Å². The predicted octanol–water partition coefficient (Wildman–Crippen LogP) is 1.82. The number of nitrogens with one attached hydrogen (secondary N) is 1. The molecule has 0 bridgehead atoms. The van der Waals surface area contributed by atoms with Crippen molar-refractivity contribution in [1.29, 1.82) is 0 Å². The molecule has 0 atom stereocenters. The highest BCUT2D eigenvalue weighted by atomic mass is 32.2. The van der Waals surface area contributed by atoms with E-state index in [1.54, 1.807) is 29.2 Å². The van der Waals surface area contributed by atoms with Crippen LogP contribution in [0.25, 0.3) is 10.8 Å². The van der Waals surface area contributed by atoms with Gasteiger partial charge in [-0.15, -0.1) is 0 Å². The van der Waals surface area contributed by atoms with Crippen LogP contribution in [0.1, 0.15) is 5.56 Å². The maximum atomic E-state index is 12.8. The van der Waals surface area contributed by atoms with Crippen LogP contribution in [0.15, 0.2) is 69.2 Å². The maximum absolute atomic E-state index is 12.8. The van der Waals surface area contributed by atoms with Crippen LogP contribution in [-0.2, 0) is 17.9 Å². The number of fused-ring (bicyclic) bond motifs is 1. The largest absolute Gasteiger partial charge is 0.289 e. The molecule has 142 valence electrons. The maximum Gasteiger partial charge on any atom is 0.273 e. The fourth-order valence-corrected chi connectivity index (χ4v) is 4.05. The van der Waals surface area contributed by atoms with Crippen LogP contribution in [0.3, 0.4) is 0 Å². The van der Waals surface area contributed by atoms with Gasteiger partial charge < -0.3 is 0 Å². The molecule has 0 aliphatic carbocycles. The van der Waals surface area contributed by atoms with Crippen LogP contribution in [0.2, 0.25) is 0 Å². The van der Waals surface area contributed by atoms with Gasteiger partial charge in [-0.1, -0.05) is 54.2 Å². The van der Waals surface area contributed by atoms with E-state index in [0.717, 1.165) is 16.0 Å². The molecule has 1 aromatic heterocycles. The van der Waals surface area contributed by atoms with Crippen molar-refractivity contribution >= 4 is 33.6 Å². The van der Waals surface area contributed by atoms with Gasteiger partial charge in [0.1, 0.15) is 6.54 Å². The Kier molecular flexibility index (Phi) is 5.12. The second kappa shape index (κ2) is 7.85. The van der Waals surface area contributed by atoms with Crippen LogP contribution in [0, 0.1) is 0 Å². The van der Waals surface area contributed by atoms with E-state index in [4.69, 9.17) is 0 Å². The number of amides is 1. The van der Waals surface area contributed by atoms with Crippen molar-refractivity contribution in [3.05, 3.63) is 80.9 Å². The first-order chi connectivity index (χ1) is 13.6. The van der Waals surface area contributed by atoms with Crippen LogP contribution >= 0.6 is 11.8 Å². The van der Waals surface area contributed by atoms with Gasteiger partial charge in [0.15, 0.2) is 5.17 Å². The van der Waals surface area contributed by atoms with E-state index in [9.17, 15) is 14.4 Å². The van der Waals surface area contributed by atoms with Gasteiger partial charge in [-0.2, -0.15) is 0 Å². The van der Waals surface area contributed by atoms with Crippen molar-refractivity contribution in [3.63, 3.8) is 0 Å². The summed E-state index contributed by atoms with van der Waals surface area (Å²) in [6.45, 7) is 0.785. The van der Waals surface area contributed by atoms with E-state index < -0.39 is 11.1 Å². The van der Waals surface area contributed by atoms with Crippen molar-refractivity contribution in [2.75, 3.05) is 12.3 Å². The number of thioether (sulfide) groups is 1. The first-order valence-corrected chi connectivity index (χ1v) is 9.85. The van der Waals surface area contributed by atoms with Gasteiger partial charge in [-0.3, -0.25) is 29.4 Å². The fourth-order valence-electron chi connectivity index (χ4n) is 3.09. The molecule has 0 saturated carbocycles. The van der Waals surface area contributed by atoms with Gasteiger partial charge in [0, 0.05) is 12.3 Å². The highest BCUT2D eigenvalue weighted by molar-refractivity contribution is 8.14. The topological polar surface area (TPSA) is 87.5 Å². The summed E-state index contributed by atoms with van der Waals surface area (Å²) in [6.07, 6.45) is 0. The summed E-state index contributed by atoms with van der Waals surface area (Å²) in [5.41, 5.74) is 0.278. The Bertz CT molecular complexity index is 1170. The van der Waals surface area contributed by atoms with Gasteiger partial charge in [0.05, 0.1) is 17.3 Å². The fraction of sp³-hybridized carbons (Fsp3) is 0.200. The molecule has 1 aliphatic rings. The Hall–Kier alpha value is -3.13. The molecule has 4 rings (SSSR count).